The molecule has 1 aromatic rings. The zero-order valence-electron chi connectivity index (χ0n) is 14.8. The first-order chi connectivity index (χ1) is 10.0. The minimum absolute atomic E-state index is 0.700. The maximum absolute atomic E-state index is 10.6. The molecule has 3 nitrogen and oxygen atoms in total. The van der Waals surface area contributed by atoms with Gasteiger partial charge in [-0.25, -0.2) is 0 Å². The summed E-state index contributed by atoms with van der Waals surface area (Å²) in [5, 5.41) is 6.08. The predicted molar refractivity (Wildman–Crippen MR) is 95.2 cm³/mol. The van der Waals surface area contributed by atoms with Gasteiger partial charge in [-0.1, -0.05) is 39.8 Å². The lowest BCUT2D eigenvalue weighted by atomic mass is 10.2. The summed E-state index contributed by atoms with van der Waals surface area (Å²) < 4.78 is 0. The van der Waals surface area contributed by atoms with E-state index in [0.717, 1.165) is 17.5 Å². The van der Waals surface area contributed by atoms with Crippen LogP contribution in [0, 0.1) is 6.92 Å². The van der Waals surface area contributed by atoms with Gasteiger partial charge in [0.1, 0.15) is 6.29 Å². The molecule has 0 atom stereocenters. The van der Waals surface area contributed by atoms with Crippen LogP contribution in [0.2, 0.25) is 0 Å². The van der Waals surface area contributed by atoms with Crippen LogP contribution in [0.4, 0.5) is 5.69 Å². The van der Waals surface area contributed by atoms with Crippen LogP contribution in [0.1, 0.15) is 47.1 Å². The summed E-state index contributed by atoms with van der Waals surface area (Å²) in [4.78, 5) is 10.6. The van der Waals surface area contributed by atoms with Crippen LogP contribution in [0.3, 0.4) is 0 Å². The van der Waals surface area contributed by atoms with Gasteiger partial charge >= 0.3 is 0 Å². The fourth-order valence-electron chi connectivity index (χ4n) is 1.26. The second kappa shape index (κ2) is 13.1. The third-order valence-electron chi connectivity index (χ3n) is 2.60. The zero-order valence-corrected chi connectivity index (χ0v) is 14.8. The van der Waals surface area contributed by atoms with Crippen LogP contribution in [-0.2, 0) is 4.79 Å². The summed E-state index contributed by atoms with van der Waals surface area (Å²) >= 11 is 0. The molecule has 0 bridgehead atoms. The highest BCUT2D eigenvalue weighted by atomic mass is 16.1. The molecule has 21 heavy (non-hydrogen) atoms. The molecule has 0 aliphatic heterocycles. The molecule has 1 aromatic carbocycles. The van der Waals surface area contributed by atoms with Crippen LogP contribution >= 0.6 is 0 Å². The molecule has 0 aliphatic carbocycles. The Balaban J connectivity index is 0. The van der Waals surface area contributed by atoms with Crippen LogP contribution < -0.4 is 5.01 Å². The van der Waals surface area contributed by atoms with Gasteiger partial charge in [-0.3, -0.25) is 9.80 Å². The monoisotopic (exact) mass is 290 g/mol. The van der Waals surface area contributed by atoms with Crippen molar-refractivity contribution in [1.29, 1.82) is 0 Å². The molecule has 0 heterocycles. The van der Waals surface area contributed by atoms with E-state index in [2.05, 4.69) is 11.2 Å². The summed E-state index contributed by atoms with van der Waals surface area (Å²) in [6.07, 6.45) is 2.54. The highest BCUT2D eigenvalue weighted by Gasteiger charge is 1.98. The fraction of sp³-hybridized carbons (Fsp3) is 0.444. The number of aryl methyl sites for hydroxylation is 1. The van der Waals surface area contributed by atoms with Gasteiger partial charge in [0, 0.05) is 7.05 Å². The van der Waals surface area contributed by atoms with E-state index >= 15 is 0 Å². The van der Waals surface area contributed by atoms with Crippen molar-refractivity contribution in [2.75, 3.05) is 12.1 Å². The number of hydrazone groups is 1. The van der Waals surface area contributed by atoms with E-state index in [0.29, 0.717) is 5.57 Å². The first kappa shape index (κ1) is 21.4. The second-order valence-corrected chi connectivity index (χ2v) is 4.09. The van der Waals surface area contributed by atoms with Gasteiger partial charge < -0.3 is 0 Å². The Hall–Kier alpha value is -1.90. The molecule has 0 radical (unpaired) electrons. The zero-order chi connectivity index (χ0) is 16.8. The Bertz CT molecular complexity index is 462. The van der Waals surface area contributed by atoms with E-state index in [1.165, 1.54) is 5.56 Å². The average molecular weight is 290 g/mol. The largest absolute Gasteiger partial charge is 0.298 e. The number of carbonyl (C=O) groups is 1. The summed E-state index contributed by atoms with van der Waals surface area (Å²) in [5.41, 5.74) is 3.80. The van der Waals surface area contributed by atoms with Gasteiger partial charge in [0.2, 0.25) is 0 Å². The van der Waals surface area contributed by atoms with Crippen LogP contribution in [0.25, 0.3) is 0 Å². The second-order valence-electron chi connectivity index (χ2n) is 4.09. The lowest BCUT2D eigenvalue weighted by Crippen LogP contribution is -2.09. The van der Waals surface area contributed by atoms with Crippen molar-refractivity contribution in [2.24, 2.45) is 5.10 Å². The summed E-state index contributed by atoms with van der Waals surface area (Å²) in [7, 11) is 1.88. The maximum atomic E-state index is 10.6. The molecule has 3 heteroatoms. The van der Waals surface area contributed by atoms with Gasteiger partial charge in [0.25, 0.3) is 0 Å². The fourth-order valence-corrected chi connectivity index (χ4v) is 1.26. The Kier molecular flexibility index (Phi) is 13.3. The van der Waals surface area contributed by atoms with E-state index in [1.54, 1.807) is 18.1 Å². The van der Waals surface area contributed by atoms with Crippen molar-refractivity contribution >= 4 is 18.2 Å². The number of aldehydes is 1. The van der Waals surface area contributed by atoms with E-state index in [1.807, 2.05) is 66.8 Å². The molecule has 0 saturated carbocycles. The standard InChI is InChI=1S/C14H18N2O.2C2H6/c1-11-6-5-7-14(8-11)16(4)15-9-12(2)13(3)10-17;2*1-2/h5-10H,1-4H3;2*1-2H3/b13-12-,15-9-;;. The maximum Gasteiger partial charge on any atom is 0.146 e. The average Bonchev–Trinajstić information content (AvgIpc) is 2.55. The van der Waals surface area contributed by atoms with Gasteiger partial charge in [-0.2, -0.15) is 5.10 Å². The quantitative estimate of drug-likeness (QED) is 0.338. The molecule has 0 aliphatic rings. The summed E-state index contributed by atoms with van der Waals surface area (Å²) in [5.74, 6) is 0. The van der Waals surface area contributed by atoms with Crippen molar-refractivity contribution in [3.8, 4) is 0 Å². The van der Waals surface area contributed by atoms with E-state index < -0.39 is 0 Å². The summed E-state index contributed by atoms with van der Waals surface area (Å²) in [6.45, 7) is 13.7. The van der Waals surface area contributed by atoms with E-state index in [-0.39, 0.29) is 0 Å². The normalized spacial score (nSPS) is 10.7. The molecular weight excluding hydrogens is 260 g/mol. The molecular formula is C18H30N2O. The Morgan fingerprint density at radius 2 is 1.67 bits per heavy atom. The molecule has 0 unspecified atom stereocenters. The van der Waals surface area contributed by atoms with Crippen molar-refractivity contribution in [3.63, 3.8) is 0 Å². The van der Waals surface area contributed by atoms with Crippen LogP contribution in [0.5, 0.6) is 0 Å². The lowest BCUT2D eigenvalue weighted by molar-refractivity contribution is -0.104. The number of carbonyl (C=O) groups excluding carboxylic acids is 1. The van der Waals surface area contributed by atoms with E-state index in [4.69, 9.17) is 0 Å². The van der Waals surface area contributed by atoms with Crippen molar-refractivity contribution in [1.82, 2.24) is 0 Å². The molecule has 1 rings (SSSR count). The van der Waals surface area contributed by atoms with Crippen molar-refractivity contribution in [3.05, 3.63) is 41.0 Å². The molecule has 0 aromatic heterocycles. The number of hydrogen-bond acceptors (Lipinski definition) is 3. The van der Waals surface area contributed by atoms with Gasteiger partial charge in [0.15, 0.2) is 0 Å². The predicted octanol–water partition coefficient (Wildman–Crippen LogP) is 5.00. The van der Waals surface area contributed by atoms with Gasteiger partial charge in [-0.15, -0.1) is 0 Å². The first-order valence-electron chi connectivity index (χ1n) is 7.51. The molecule has 0 N–H and O–H groups in total. The number of nitrogens with zero attached hydrogens (tertiary/aromatic N) is 2. The smallest absolute Gasteiger partial charge is 0.146 e. The SMILES string of the molecule is C/C(C=O)=C(C)/C=N\N(C)c1cccc(C)c1.CC.CC. The minimum Gasteiger partial charge on any atom is -0.298 e. The topological polar surface area (TPSA) is 32.7 Å². The minimum atomic E-state index is 0.700. The number of anilines is 1. The molecule has 118 valence electrons. The Morgan fingerprint density at radius 3 is 2.14 bits per heavy atom. The third kappa shape index (κ3) is 8.79. The highest BCUT2D eigenvalue weighted by molar-refractivity contribution is 5.88. The highest BCUT2D eigenvalue weighted by Crippen LogP contribution is 2.14. The van der Waals surface area contributed by atoms with Crippen LogP contribution in [0.15, 0.2) is 40.5 Å². The first-order valence-corrected chi connectivity index (χ1v) is 7.51. The molecule has 0 spiro atoms. The molecule has 0 saturated heterocycles. The molecule has 0 fully saturated rings. The third-order valence-corrected chi connectivity index (χ3v) is 2.60. The van der Waals surface area contributed by atoms with Crippen molar-refractivity contribution < 1.29 is 4.79 Å². The van der Waals surface area contributed by atoms with E-state index in [9.17, 15) is 4.79 Å². The number of rotatable bonds is 4. The van der Waals surface area contributed by atoms with Gasteiger partial charge in [-0.05, 0) is 49.6 Å². The van der Waals surface area contributed by atoms with Crippen LogP contribution in [-0.4, -0.2) is 19.5 Å². The summed E-state index contributed by atoms with van der Waals surface area (Å²) in [6, 6.07) is 8.09. The Labute approximate surface area is 130 Å². The number of benzene rings is 1. The van der Waals surface area contributed by atoms with Gasteiger partial charge in [0.05, 0.1) is 11.9 Å². The number of hydrogen-bond donors (Lipinski definition) is 0. The Morgan fingerprint density at radius 1 is 1.10 bits per heavy atom. The van der Waals surface area contributed by atoms with Crippen molar-refractivity contribution in [2.45, 2.75) is 48.5 Å². The number of allylic oxidation sites excluding steroid dienone is 2. The lowest BCUT2D eigenvalue weighted by Gasteiger charge is -2.13. The molecule has 0 amide bonds.